The van der Waals surface area contributed by atoms with Gasteiger partial charge in [0.15, 0.2) is 0 Å². The highest BCUT2D eigenvalue weighted by Gasteiger charge is 2.13. The summed E-state index contributed by atoms with van der Waals surface area (Å²) >= 11 is 0. The molecule has 0 unspecified atom stereocenters. The molecule has 1 amide bonds. The van der Waals surface area contributed by atoms with E-state index in [1.54, 1.807) is 0 Å². The van der Waals surface area contributed by atoms with Crippen LogP contribution in [0.15, 0.2) is 0 Å². The Kier molecular flexibility index (Phi) is 6.42. The van der Waals surface area contributed by atoms with Gasteiger partial charge in [0, 0.05) is 25.8 Å². The number of amides is 1. The van der Waals surface area contributed by atoms with Crippen LogP contribution in [-0.2, 0) is 9.53 Å². The molecule has 0 bridgehead atoms. The van der Waals surface area contributed by atoms with E-state index < -0.39 is 0 Å². The van der Waals surface area contributed by atoms with Crippen molar-refractivity contribution in [3.8, 4) is 0 Å². The lowest BCUT2D eigenvalue weighted by molar-refractivity contribution is -0.120. The van der Waals surface area contributed by atoms with Crippen molar-refractivity contribution in [2.75, 3.05) is 26.3 Å². The van der Waals surface area contributed by atoms with Crippen molar-refractivity contribution in [1.29, 1.82) is 0 Å². The molecule has 1 aliphatic rings. The first-order valence-corrected chi connectivity index (χ1v) is 6.26. The van der Waals surface area contributed by atoms with Crippen LogP contribution in [0.4, 0.5) is 0 Å². The standard InChI is InChI=1S/C12H24N2O2/c1-10(2)3-6-13-12(15)9-14-11-4-7-16-8-5-11/h10-11,14H,3-9H2,1-2H3,(H,13,15). The van der Waals surface area contributed by atoms with Crippen LogP contribution in [0, 0.1) is 5.92 Å². The summed E-state index contributed by atoms with van der Waals surface area (Å²) in [5, 5.41) is 6.19. The Balaban J connectivity index is 2.00. The molecule has 0 aromatic rings. The van der Waals surface area contributed by atoms with Gasteiger partial charge in [-0.15, -0.1) is 0 Å². The molecule has 1 rings (SSSR count). The zero-order chi connectivity index (χ0) is 11.8. The molecule has 1 saturated heterocycles. The van der Waals surface area contributed by atoms with Crippen molar-refractivity contribution < 1.29 is 9.53 Å². The van der Waals surface area contributed by atoms with Gasteiger partial charge in [-0.05, 0) is 25.2 Å². The summed E-state index contributed by atoms with van der Waals surface area (Å²) in [5.74, 6) is 0.746. The third kappa shape index (κ3) is 6.08. The summed E-state index contributed by atoms with van der Waals surface area (Å²) < 4.78 is 5.26. The van der Waals surface area contributed by atoms with Crippen LogP contribution in [0.1, 0.15) is 33.1 Å². The number of carbonyl (C=O) groups excluding carboxylic acids is 1. The van der Waals surface area contributed by atoms with E-state index in [2.05, 4.69) is 24.5 Å². The summed E-state index contributed by atoms with van der Waals surface area (Å²) in [4.78, 5) is 11.5. The molecule has 0 aliphatic carbocycles. The fraction of sp³-hybridized carbons (Fsp3) is 0.917. The smallest absolute Gasteiger partial charge is 0.233 e. The lowest BCUT2D eigenvalue weighted by Gasteiger charge is -2.22. The number of hydrogen-bond acceptors (Lipinski definition) is 3. The topological polar surface area (TPSA) is 50.4 Å². The minimum absolute atomic E-state index is 0.104. The SMILES string of the molecule is CC(C)CCNC(=O)CNC1CCOCC1. The summed E-state index contributed by atoms with van der Waals surface area (Å²) in [7, 11) is 0. The predicted octanol–water partition coefficient (Wildman–Crippen LogP) is 0.917. The lowest BCUT2D eigenvalue weighted by Crippen LogP contribution is -2.42. The van der Waals surface area contributed by atoms with Gasteiger partial charge in [-0.25, -0.2) is 0 Å². The summed E-state index contributed by atoms with van der Waals surface area (Å²) in [6.45, 7) is 7.16. The molecular weight excluding hydrogens is 204 g/mol. The molecule has 4 nitrogen and oxygen atoms in total. The van der Waals surface area contributed by atoms with Gasteiger partial charge in [-0.1, -0.05) is 13.8 Å². The summed E-state index contributed by atoms with van der Waals surface area (Å²) in [5.41, 5.74) is 0. The Labute approximate surface area is 98.1 Å². The Hall–Kier alpha value is -0.610. The van der Waals surface area contributed by atoms with Crippen molar-refractivity contribution in [3.05, 3.63) is 0 Å². The predicted molar refractivity (Wildman–Crippen MR) is 64.3 cm³/mol. The number of nitrogens with one attached hydrogen (secondary N) is 2. The largest absolute Gasteiger partial charge is 0.381 e. The zero-order valence-corrected chi connectivity index (χ0v) is 10.4. The van der Waals surface area contributed by atoms with Crippen LogP contribution in [0.5, 0.6) is 0 Å². The van der Waals surface area contributed by atoms with E-state index in [-0.39, 0.29) is 5.91 Å². The normalized spacial score (nSPS) is 17.7. The fourth-order valence-corrected chi connectivity index (χ4v) is 1.70. The Morgan fingerprint density at radius 1 is 1.38 bits per heavy atom. The average molecular weight is 228 g/mol. The second-order valence-electron chi connectivity index (χ2n) is 4.80. The van der Waals surface area contributed by atoms with E-state index in [9.17, 15) is 4.79 Å². The maximum Gasteiger partial charge on any atom is 0.233 e. The molecule has 2 N–H and O–H groups in total. The first-order chi connectivity index (χ1) is 7.68. The maximum atomic E-state index is 11.5. The summed E-state index contributed by atoms with van der Waals surface area (Å²) in [6.07, 6.45) is 3.07. The third-order valence-electron chi connectivity index (χ3n) is 2.82. The maximum absolute atomic E-state index is 11.5. The second-order valence-corrected chi connectivity index (χ2v) is 4.80. The molecule has 4 heteroatoms. The molecule has 0 spiro atoms. The number of carbonyl (C=O) groups is 1. The molecule has 0 aromatic carbocycles. The van der Waals surface area contributed by atoms with Crippen molar-refractivity contribution in [3.63, 3.8) is 0 Å². The minimum Gasteiger partial charge on any atom is -0.381 e. The fourth-order valence-electron chi connectivity index (χ4n) is 1.70. The summed E-state index contributed by atoms with van der Waals surface area (Å²) in [6, 6.07) is 0.449. The van der Waals surface area contributed by atoms with Gasteiger partial charge in [0.25, 0.3) is 0 Å². The highest BCUT2D eigenvalue weighted by Crippen LogP contribution is 2.05. The monoisotopic (exact) mass is 228 g/mol. The van der Waals surface area contributed by atoms with E-state index in [4.69, 9.17) is 4.74 Å². The van der Waals surface area contributed by atoms with Crippen LogP contribution < -0.4 is 10.6 Å². The minimum atomic E-state index is 0.104. The van der Waals surface area contributed by atoms with Crippen LogP contribution in [-0.4, -0.2) is 38.3 Å². The van der Waals surface area contributed by atoms with Gasteiger partial charge < -0.3 is 15.4 Å². The van der Waals surface area contributed by atoms with Gasteiger partial charge in [-0.2, -0.15) is 0 Å². The quantitative estimate of drug-likeness (QED) is 0.710. The number of ether oxygens (including phenoxy) is 1. The van der Waals surface area contributed by atoms with Crippen molar-refractivity contribution in [1.82, 2.24) is 10.6 Å². The highest BCUT2D eigenvalue weighted by molar-refractivity contribution is 5.77. The third-order valence-corrected chi connectivity index (χ3v) is 2.82. The van der Waals surface area contributed by atoms with Gasteiger partial charge in [0.05, 0.1) is 6.54 Å². The van der Waals surface area contributed by atoms with Crippen LogP contribution in [0.25, 0.3) is 0 Å². The highest BCUT2D eigenvalue weighted by atomic mass is 16.5. The van der Waals surface area contributed by atoms with Crippen LogP contribution in [0.2, 0.25) is 0 Å². The van der Waals surface area contributed by atoms with Crippen molar-refractivity contribution in [2.45, 2.75) is 39.2 Å². The molecule has 0 aromatic heterocycles. The van der Waals surface area contributed by atoms with Gasteiger partial charge in [-0.3, -0.25) is 4.79 Å². The Bertz CT molecular complexity index is 201. The molecular formula is C12H24N2O2. The molecule has 1 aliphatic heterocycles. The van der Waals surface area contributed by atoms with E-state index >= 15 is 0 Å². The van der Waals surface area contributed by atoms with E-state index in [0.717, 1.165) is 39.0 Å². The molecule has 94 valence electrons. The Morgan fingerprint density at radius 2 is 2.06 bits per heavy atom. The lowest BCUT2D eigenvalue weighted by atomic mass is 10.1. The molecule has 0 radical (unpaired) electrons. The van der Waals surface area contributed by atoms with Crippen LogP contribution in [0.3, 0.4) is 0 Å². The zero-order valence-electron chi connectivity index (χ0n) is 10.4. The molecule has 1 heterocycles. The first-order valence-electron chi connectivity index (χ1n) is 6.26. The molecule has 0 atom stereocenters. The Morgan fingerprint density at radius 3 is 2.69 bits per heavy atom. The van der Waals surface area contributed by atoms with Crippen LogP contribution >= 0.6 is 0 Å². The van der Waals surface area contributed by atoms with Gasteiger partial charge >= 0.3 is 0 Å². The molecule has 16 heavy (non-hydrogen) atoms. The second kappa shape index (κ2) is 7.63. The van der Waals surface area contributed by atoms with Crippen molar-refractivity contribution in [2.24, 2.45) is 5.92 Å². The molecule has 0 saturated carbocycles. The molecule has 1 fully saturated rings. The number of hydrogen-bond donors (Lipinski definition) is 2. The number of rotatable bonds is 6. The van der Waals surface area contributed by atoms with E-state index in [1.807, 2.05) is 0 Å². The average Bonchev–Trinajstić information content (AvgIpc) is 2.27. The van der Waals surface area contributed by atoms with Crippen molar-refractivity contribution >= 4 is 5.91 Å². The van der Waals surface area contributed by atoms with Gasteiger partial charge in [0.2, 0.25) is 5.91 Å². The first kappa shape index (κ1) is 13.5. The van der Waals surface area contributed by atoms with E-state index in [0.29, 0.717) is 18.5 Å². The van der Waals surface area contributed by atoms with Gasteiger partial charge in [0.1, 0.15) is 0 Å². The van der Waals surface area contributed by atoms with E-state index in [1.165, 1.54) is 0 Å².